The van der Waals surface area contributed by atoms with Crippen molar-refractivity contribution in [1.82, 2.24) is 4.90 Å². The Hall–Kier alpha value is -1.35. The lowest BCUT2D eigenvalue weighted by Crippen LogP contribution is -2.45. The molecular weight excluding hydrogens is 238 g/mol. The molecule has 19 heavy (non-hydrogen) atoms. The zero-order valence-corrected chi connectivity index (χ0v) is 11.6. The van der Waals surface area contributed by atoms with Crippen LogP contribution >= 0.6 is 0 Å². The number of carboxylic acid groups (broad SMARTS) is 1. The lowest BCUT2D eigenvalue weighted by atomic mass is 9.96. The molecule has 0 aromatic heterocycles. The standard InChI is InChI=1S/C16H23NO2/c1-13-9-11-17(12-10-13)15(16(18)19)8-7-14-5-3-2-4-6-14/h2-6,13,15H,7-12H2,1H3,(H,18,19). The molecule has 1 aromatic carbocycles. The number of rotatable bonds is 5. The van der Waals surface area contributed by atoms with Crippen LogP contribution in [0.1, 0.15) is 31.7 Å². The third-order valence-corrected chi connectivity index (χ3v) is 4.09. The van der Waals surface area contributed by atoms with E-state index < -0.39 is 5.97 Å². The number of aliphatic carboxylic acids is 1. The molecule has 0 radical (unpaired) electrons. The number of hydrogen-bond donors (Lipinski definition) is 1. The van der Waals surface area contributed by atoms with Gasteiger partial charge in [-0.05, 0) is 50.3 Å². The minimum absolute atomic E-state index is 0.326. The first-order valence-corrected chi connectivity index (χ1v) is 7.17. The van der Waals surface area contributed by atoms with Crippen LogP contribution < -0.4 is 0 Å². The molecule has 2 rings (SSSR count). The van der Waals surface area contributed by atoms with E-state index in [1.807, 2.05) is 18.2 Å². The Balaban J connectivity index is 1.91. The maximum Gasteiger partial charge on any atom is 0.320 e. The molecule has 1 atom stereocenters. The Bertz CT molecular complexity index is 396. The molecule has 1 unspecified atom stereocenters. The monoisotopic (exact) mass is 261 g/mol. The topological polar surface area (TPSA) is 40.5 Å². The quantitative estimate of drug-likeness (QED) is 0.886. The molecule has 0 saturated carbocycles. The second-order valence-electron chi connectivity index (χ2n) is 5.60. The summed E-state index contributed by atoms with van der Waals surface area (Å²) in [5.41, 5.74) is 1.22. The highest BCUT2D eigenvalue weighted by Crippen LogP contribution is 2.20. The van der Waals surface area contributed by atoms with Gasteiger partial charge in [-0.2, -0.15) is 0 Å². The first-order chi connectivity index (χ1) is 9.16. The Morgan fingerprint density at radius 2 is 1.95 bits per heavy atom. The van der Waals surface area contributed by atoms with Crippen molar-refractivity contribution in [1.29, 1.82) is 0 Å². The molecule has 1 aromatic rings. The highest BCUT2D eigenvalue weighted by molar-refractivity contribution is 5.73. The first kappa shape index (κ1) is 14.1. The summed E-state index contributed by atoms with van der Waals surface area (Å²) in [6.07, 6.45) is 3.78. The summed E-state index contributed by atoms with van der Waals surface area (Å²) < 4.78 is 0. The molecule has 0 spiro atoms. The first-order valence-electron chi connectivity index (χ1n) is 7.17. The predicted octanol–water partition coefficient (Wildman–Crippen LogP) is 2.80. The Morgan fingerprint density at radius 3 is 2.53 bits per heavy atom. The zero-order valence-electron chi connectivity index (χ0n) is 11.6. The highest BCUT2D eigenvalue weighted by Gasteiger charge is 2.28. The fourth-order valence-electron chi connectivity index (χ4n) is 2.75. The van der Waals surface area contributed by atoms with Crippen LogP contribution in [-0.2, 0) is 11.2 Å². The molecule has 0 aliphatic carbocycles. The highest BCUT2D eigenvalue weighted by atomic mass is 16.4. The van der Waals surface area contributed by atoms with E-state index in [4.69, 9.17) is 0 Å². The number of hydrogen-bond acceptors (Lipinski definition) is 2. The van der Waals surface area contributed by atoms with Gasteiger partial charge in [0.1, 0.15) is 6.04 Å². The maximum absolute atomic E-state index is 11.5. The van der Waals surface area contributed by atoms with Crippen molar-refractivity contribution in [2.45, 2.75) is 38.6 Å². The van der Waals surface area contributed by atoms with Crippen LogP contribution in [0.4, 0.5) is 0 Å². The van der Waals surface area contributed by atoms with Crippen molar-refractivity contribution in [3.63, 3.8) is 0 Å². The molecule has 1 saturated heterocycles. The number of piperidine rings is 1. The second kappa shape index (κ2) is 6.71. The Labute approximate surface area is 115 Å². The van der Waals surface area contributed by atoms with Gasteiger partial charge in [0.15, 0.2) is 0 Å². The van der Waals surface area contributed by atoms with Gasteiger partial charge < -0.3 is 5.11 Å². The minimum Gasteiger partial charge on any atom is -0.480 e. The van der Waals surface area contributed by atoms with Crippen molar-refractivity contribution in [2.75, 3.05) is 13.1 Å². The molecule has 1 heterocycles. The summed E-state index contributed by atoms with van der Waals surface area (Å²) in [6.45, 7) is 4.09. The maximum atomic E-state index is 11.5. The van der Waals surface area contributed by atoms with Gasteiger partial charge >= 0.3 is 5.97 Å². The van der Waals surface area contributed by atoms with E-state index in [0.717, 1.165) is 38.3 Å². The van der Waals surface area contributed by atoms with E-state index >= 15 is 0 Å². The number of likely N-dealkylation sites (tertiary alicyclic amines) is 1. The lowest BCUT2D eigenvalue weighted by molar-refractivity contribution is -0.144. The Morgan fingerprint density at radius 1 is 1.32 bits per heavy atom. The summed E-state index contributed by atoms with van der Waals surface area (Å²) in [5, 5.41) is 9.43. The van der Waals surface area contributed by atoms with Crippen LogP contribution in [0.5, 0.6) is 0 Å². The van der Waals surface area contributed by atoms with Gasteiger partial charge in [-0.15, -0.1) is 0 Å². The number of benzene rings is 1. The average molecular weight is 261 g/mol. The second-order valence-corrected chi connectivity index (χ2v) is 5.60. The molecule has 3 nitrogen and oxygen atoms in total. The molecule has 1 fully saturated rings. The fourth-order valence-corrected chi connectivity index (χ4v) is 2.75. The van der Waals surface area contributed by atoms with Crippen LogP contribution in [0.2, 0.25) is 0 Å². The summed E-state index contributed by atoms with van der Waals surface area (Å²) in [4.78, 5) is 13.6. The van der Waals surface area contributed by atoms with Gasteiger partial charge in [0, 0.05) is 0 Å². The minimum atomic E-state index is -0.675. The molecule has 3 heteroatoms. The molecule has 0 bridgehead atoms. The van der Waals surface area contributed by atoms with Crippen LogP contribution in [0.15, 0.2) is 30.3 Å². The normalized spacial score (nSPS) is 19.2. The van der Waals surface area contributed by atoms with E-state index in [1.165, 1.54) is 5.56 Å². The predicted molar refractivity (Wildman–Crippen MR) is 76.2 cm³/mol. The van der Waals surface area contributed by atoms with Crippen molar-refractivity contribution >= 4 is 5.97 Å². The van der Waals surface area contributed by atoms with E-state index in [2.05, 4.69) is 24.0 Å². The van der Waals surface area contributed by atoms with Gasteiger partial charge in [0.25, 0.3) is 0 Å². The van der Waals surface area contributed by atoms with Crippen LogP contribution in [0, 0.1) is 5.92 Å². The van der Waals surface area contributed by atoms with E-state index in [0.29, 0.717) is 6.42 Å². The van der Waals surface area contributed by atoms with Crippen LogP contribution in [0.3, 0.4) is 0 Å². The number of carbonyl (C=O) groups is 1. The van der Waals surface area contributed by atoms with E-state index in [1.54, 1.807) is 0 Å². The van der Waals surface area contributed by atoms with Crippen molar-refractivity contribution < 1.29 is 9.90 Å². The van der Waals surface area contributed by atoms with E-state index in [-0.39, 0.29) is 6.04 Å². The summed E-state index contributed by atoms with van der Waals surface area (Å²) in [7, 11) is 0. The van der Waals surface area contributed by atoms with Crippen molar-refractivity contribution in [2.24, 2.45) is 5.92 Å². The summed E-state index contributed by atoms with van der Waals surface area (Å²) in [6, 6.07) is 9.81. The van der Waals surface area contributed by atoms with Crippen molar-refractivity contribution in [3.8, 4) is 0 Å². The fraction of sp³-hybridized carbons (Fsp3) is 0.562. The van der Waals surface area contributed by atoms with Gasteiger partial charge in [0.05, 0.1) is 0 Å². The third kappa shape index (κ3) is 4.06. The summed E-state index contributed by atoms with van der Waals surface area (Å²) >= 11 is 0. The summed E-state index contributed by atoms with van der Waals surface area (Å²) in [5.74, 6) is 0.0605. The van der Waals surface area contributed by atoms with E-state index in [9.17, 15) is 9.90 Å². The Kier molecular flexibility index (Phi) is 4.97. The van der Waals surface area contributed by atoms with Gasteiger partial charge in [-0.1, -0.05) is 37.3 Å². The number of carboxylic acids is 1. The molecule has 0 amide bonds. The average Bonchev–Trinajstić information content (AvgIpc) is 2.42. The smallest absolute Gasteiger partial charge is 0.320 e. The third-order valence-electron chi connectivity index (χ3n) is 4.09. The van der Waals surface area contributed by atoms with Crippen LogP contribution in [0.25, 0.3) is 0 Å². The van der Waals surface area contributed by atoms with Crippen molar-refractivity contribution in [3.05, 3.63) is 35.9 Å². The van der Waals surface area contributed by atoms with Gasteiger partial charge in [-0.3, -0.25) is 9.69 Å². The molecular formula is C16H23NO2. The molecule has 1 aliphatic heterocycles. The lowest BCUT2D eigenvalue weighted by Gasteiger charge is -2.34. The largest absolute Gasteiger partial charge is 0.480 e. The number of aryl methyl sites for hydroxylation is 1. The zero-order chi connectivity index (χ0) is 13.7. The SMILES string of the molecule is CC1CCN(C(CCc2ccccc2)C(=O)O)CC1. The molecule has 1 aliphatic rings. The molecule has 1 N–H and O–H groups in total. The van der Waals surface area contributed by atoms with Crippen LogP contribution in [-0.4, -0.2) is 35.1 Å². The molecule has 104 valence electrons. The van der Waals surface area contributed by atoms with Gasteiger partial charge in [0.2, 0.25) is 0 Å². The van der Waals surface area contributed by atoms with Gasteiger partial charge in [-0.25, -0.2) is 0 Å². The number of nitrogens with zero attached hydrogens (tertiary/aromatic N) is 1.